The van der Waals surface area contributed by atoms with Crippen molar-refractivity contribution in [2.24, 2.45) is 0 Å². The Balaban J connectivity index is 1.94. The normalized spacial score (nSPS) is 11.6. The number of aryl methyl sites for hydroxylation is 1. The predicted molar refractivity (Wildman–Crippen MR) is 112 cm³/mol. The smallest absolute Gasteiger partial charge is 0.335 e. The minimum Gasteiger partial charge on any atom is -0.478 e. The number of aromatic carboxylic acids is 1. The second-order valence-electron chi connectivity index (χ2n) is 6.67. The molecule has 7 heteroatoms. The van der Waals surface area contributed by atoms with E-state index >= 15 is 0 Å². The Morgan fingerprint density at radius 2 is 1.93 bits per heavy atom. The molecule has 3 rings (SSSR count). The molecule has 0 saturated heterocycles. The molecule has 0 aliphatic carbocycles. The van der Waals surface area contributed by atoms with Crippen LogP contribution in [0, 0.1) is 0 Å². The van der Waals surface area contributed by atoms with Crippen LogP contribution in [0.2, 0.25) is 0 Å². The standard InChI is InChI=1S/C22H22N2O4S/c1-2-4-20-23-13-18(11-17(22(27)28)12-19-5-3-10-29-19)24(20)14-15-6-8-16(9-7-15)21(25)26/h3,5-11,13H,2,4,12,14H2,1H3,(H,25,26)(H,27,28). The van der Waals surface area contributed by atoms with E-state index in [0.717, 1.165) is 34.8 Å². The van der Waals surface area contributed by atoms with E-state index < -0.39 is 11.9 Å². The highest BCUT2D eigenvalue weighted by Gasteiger charge is 2.14. The van der Waals surface area contributed by atoms with E-state index in [1.165, 1.54) is 11.3 Å². The Morgan fingerprint density at radius 3 is 2.52 bits per heavy atom. The predicted octanol–water partition coefficient (Wildman–Crippen LogP) is 4.35. The SMILES string of the molecule is CCCc1ncc(C=C(Cc2cccs2)C(=O)O)n1Cc1ccc(C(=O)O)cc1. The van der Waals surface area contributed by atoms with Crippen molar-refractivity contribution < 1.29 is 19.8 Å². The van der Waals surface area contributed by atoms with Gasteiger partial charge in [-0.25, -0.2) is 14.6 Å². The number of benzene rings is 1. The van der Waals surface area contributed by atoms with Crippen LogP contribution in [0.15, 0.2) is 53.5 Å². The highest BCUT2D eigenvalue weighted by molar-refractivity contribution is 7.09. The number of aromatic nitrogens is 2. The highest BCUT2D eigenvalue weighted by atomic mass is 32.1. The van der Waals surface area contributed by atoms with Gasteiger partial charge in [-0.3, -0.25) is 0 Å². The lowest BCUT2D eigenvalue weighted by atomic mass is 10.1. The van der Waals surface area contributed by atoms with Crippen LogP contribution in [0.25, 0.3) is 6.08 Å². The Morgan fingerprint density at radius 1 is 1.17 bits per heavy atom. The van der Waals surface area contributed by atoms with Crippen LogP contribution in [0.4, 0.5) is 0 Å². The van der Waals surface area contributed by atoms with Gasteiger partial charge in [-0.05, 0) is 41.6 Å². The number of hydrogen-bond donors (Lipinski definition) is 2. The molecule has 3 aromatic rings. The van der Waals surface area contributed by atoms with Gasteiger partial charge in [0.1, 0.15) is 5.82 Å². The molecule has 29 heavy (non-hydrogen) atoms. The van der Waals surface area contributed by atoms with Crippen LogP contribution in [-0.2, 0) is 24.2 Å². The van der Waals surface area contributed by atoms with E-state index in [1.54, 1.807) is 36.5 Å². The first kappa shape index (κ1) is 20.5. The van der Waals surface area contributed by atoms with Crippen molar-refractivity contribution in [3.05, 3.63) is 81.1 Å². The average Bonchev–Trinajstić information content (AvgIpc) is 3.33. The number of hydrogen-bond acceptors (Lipinski definition) is 4. The zero-order valence-electron chi connectivity index (χ0n) is 16.0. The average molecular weight is 410 g/mol. The molecule has 0 spiro atoms. The van der Waals surface area contributed by atoms with Crippen molar-refractivity contribution in [1.29, 1.82) is 0 Å². The highest BCUT2D eigenvalue weighted by Crippen LogP contribution is 2.19. The summed E-state index contributed by atoms with van der Waals surface area (Å²) >= 11 is 1.53. The fraction of sp³-hybridized carbons (Fsp3) is 0.227. The van der Waals surface area contributed by atoms with Gasteiger partial charge in [0.15, 0.2) is 0 Å². The summed E-state index contributed by atoms with van der Waals surface area (Å²) in [5.74, 6) is -1.04. The molecule has 0 atom stereocenters. The van der Waals surface area contributed by atoms with Crippen LogP contribution in [-0.4, -0.2) is 31.7 Å². The number of carbonyl (C=O) groups is 2. The summed E-state index contributed by atoms with van der Waals surface area (Å²) < 4.78 is 2.00. The largest absolute Gasteiger partial charge is 0.478 e. The fourth-order valence-corrected chi connectivity index (χ4v) is 3.78. The van der Waals surface area contributed by atoms with Crippen molar-refractivity contribution >= 4 is 29.4 Å². The molecule has 0 saturated carbocycles. The summed E-state index contributed by atoms with van der Waals surface area (Å²) in [5, 5.41) is 20.7. The molecular weight excluding hydrogens is 388 g/mol. The third-order valence-corrected chi connectivity index (χ3v) is 5.40. The number of thiophene rings is 1. The maximum Gasteiger partial charge on any atom is 0.335 e. The third-order valence-electron chi connectivity index (χ3n) is 4.53. The quantitative estimate of drug-likeness (QED) is 0.512. The first-order chi connectivity index (χ1) is 14.0. The van der Waals surface area contributed by atoms with Crippen LogP contribution in [0.5, 0.6) is 0 Å². The van der Waals surface area contributed by atoms with Gasteiger partial charge in [0.2, 0.25) is 0 Å². The molecule has 0 amide bonds. The van der Waals surface area contributed by atoms with Gasteiger partial charge in [-0.1, -0.05) is 25.1 Å². The van der Waals surface area contributed by atoms with Crippen LogP contribution >= 0.6 is 11.3 Å². The number of carboxylic acid groups (broad SMARTS) is 2. The van der Waals surface area contributed by atoms with E-state index in [9.17, 15) is 14.7 Å². The van der Waals surface area contributed by atoms with Crippen LogP contribution in [0.3, 0.4) is 0 Å². The minimum absolute atomic E-state index is 0.234. The first-order valence-corrected chi connectivity index (χ1v) is 10.2. The van der Waals surface area contributed by atoms with Crippen molar-refractivity contribution in [2.45, 2.75) is 32.7 Å². The van der Waals surface area contributed by atoms with Gasteiger partial charge in [0.05, 0.1) is 17.5 Å². The van der Waals surface area contributed by atoms with Gasteiger partial charge < -0.3 is 14.8 Å². The Hall–Kier alpha value is -3.19. The summed E-state index contributed by atoms with van der Waals surface area (Å²) in [6, 6.07) is 10.5. The van der Waals surface area contributed by atoms with Gasteiger partial charge in [0.25, 0.3) is 0 Å². The number of carboxylic acids is 2. The van der Waals surface area contributed by atoms with E-state index in [4.69, 9.17) is 5.11 Å². The molecule has 0 fully saturated rings. The molecular formula is C22H22N2O4S. The maximum absolute atomic E-state index is 11.8. The van der Waals surface area contributed by atoms with E-state index in [-0.39, 0.29) is 5.56 Å². The van der Waals surface area contributed by atoms with E-state index in [1.807, 2.05) is 22.1 Å². The monoisotopic (exact) mass is 410 g/mol. The Kier molecular flexibility index (Phi) is 6.61. The summed E-state index contributed by atoms with van der Waals surface area (Å²) in [5.41, 5.74) is 2.19. The van der Waals surface area contributed by atoms with Gasteiger partial charge in [-0.2, -0.15) is 0 Å². The molecule has 1 aromatic carbocycles. The molecule has 0 radical (unpaired) electrons. The molecule has 0 aliphatic heterocycles. The van der Waals surface area contributed by atoms with Gasteiger partial charge >= 0.3 is 11.9 Å². The van der Waals surface area contributed by atoms with Crippen molar-refractivity contribution in [3.63, 3.8) is 0 Å². The van der Waals surface area contributed by atoms with Crippen LogP contribution < -0.4 is 0 Å². The summed E-state index contributed by atoms with van der Waals surface area (Å²) in [6.45, 7) is 2.56. The maximum atomic E-state index is 11.8. The Labute approximate surface area is 172 Å². The molecule has 2 N–H and O–H groups in total. The minimum atomic E-state index is -0.964. The zero-order valence-corrected chi connectivity index (χ0v) is 16.9. The van der Waals surface area contributed by atoms with E-state index in [0.29, 0.717) is 18.5 Å². The molecule has 2 aromatic heterocycles. The summed E-state index contributed by atoms with van der Waals surface area (Å²) in [7, 11) is 0. The molecule has 2 heterocycles. The second-order valence-corrected chi connectivity index (χ2v) is 7.70. The lowest BCUT2D eigenvalue weighted by molar-refractivity contribution is -0.132. The second kappa shape index (κ2) is 9.34. The fourth-order valence-electron chi connectivity index (χ4n) is 3.05. The van der Waals surface area contributed by atoms with Gasteiger partial charge in [-0.15, -0.1) is 11.3 Å². The molecule has 150 valence electrons. The number of aliphatic carboxylic acids is 1. The summed E-state index contributed by atoms with van der Waals surface area (Å²) in [4.78, 5) is 28.3. The Bertz CT molecular complexity index is 1020. The first-order valence-electron chi connectivity index (χ1n) is 9.30. The number of imidazole rings is 1. The van der Waals surface area contributed by atoms with Crippen molar-refractivity contribution in [2.75, 3.05) is 0 Å². The molecule has 0 bridgehead atoms. The third kappa shape index (κ3) is 5.20. The van der Waals surface area contributed by atoms with Crippen molar-refractivity contribution in [3.8, 4) is 0 Å². The summed E-state index contributed by atoms with van der Waals surface area (Å²) in [6.07, 6.45) is 5.43. The van der Waals surface area contributed by atoms with Gasteiger partial charge in [0, 0.05) is 29.8 Å². The molecule has 0 aliphatic rings. The number of rotatable bonds is 9. The van der Waals surface area contributed by atoms with E-state index in [2.05, 4.69) is 11.9 Å². The lowest BCUT2D eigenvalue weighted by Crippen LogP contribution is -2.09. The molecule has 0 unspecified atom stereocenters. The zero-order chi connectivity index (χ0) is 20.8. The number of nitrogens with zero attached hydrogens (tertiary/aromatic N) is 2. The molecule has 6 nitrogen and oxygen atoms in total. The van der Waals surface area contributed by atoms with Crippen LogP contribution in [0.1, 0.15) is 45.7 Å². The lowest BCUT2D eigenvalue weighted by Gasteiger charge is -2.11. The van der Waals surface area contributed by atoms with Crippen molar-refractivity contribution in [1.82, 2.24) is 9.55 Å². The topological polar surface area (TPSA) is 92.4 Å².